The molecular weight excluding hydrogens is 518 g/mol. The number of rotatable bonds is 11. The molecule has 0 saturated carbocycles. The van der Waals surface area contributed by atoms with Gasteiger partial charge in [-0.05, 0) is 60.4 Å². The molecule has 206 valence electrons. The van der Waals surface area contributed by atoms with Crippen LogP contribution >= 0.6 is 0 Å². The second kappa shape index (κ2) is 11.9. The molecule has 0 aliphatic carbocycles. The van der Waals surface area contributed by atoms with Crippen LogP contribution in [-0.2, 0) is 16.4 Å². The molecule has 2 atom stereocenters. The van der Waals surface area contributed by atoms with E-state index in [0.717, 1.165) is 5.56 Å². The smallest absolute Gasteiger partial charge is 0.287 e. The number of phenols is 1. The first kappa shape index (κ1) is 28.2. The van der Waals surface area contributed by atoms with Crippen molar-refractivity contribution in [1.82, 2.24) is 9.62 Å². The van der Waals surface area contributed by atoms with Gasteiger partial charge in [-0.3, -0.25) is 4.79 Å². The maximum absolute atomic E-state index is 13.5. The van der Waals surface area contributed by atoms with Gasteiger partial charge in [-0.1, -0.05) is 44.2 Å². The summed E-state index contributed by atoms with van der Waals surface area (Å²) in [6.45, 7) is 3.71. The number of amides is 1. The predicted octanol–water partition coefficient (Wildman–Crippen LogP) is 3.77. The summed E-state index contributed by atoms with van der Waals surface area (Å²) in [5, 5.41) is 24.6. The third-order valence-corrected chi connectivity index (χ3v) is 8.13. The Kier molecular flexibility index (Phi) is 8.59. The highest BCUT2D eigenvalue weighted by atomic mass is 32.2. The van der Waals surface area contributed by atoms with Gasteiger partial charge < -0.3 is 25.7 Å². The van der Waals surface area contributed by atoms with Crippen LogP contribution in [0.3, 0.4) is 0 Å². The Balaban J connectivity index is 1.61. The first-order chi connectivity index (χ1) is 18.5. The van der Waals surface area contributed by atoms with Gasteiger partial charge in [-0.15, -0.1) is 0 Å². The molecule has 0 spiro atoms. The van der Waals surface area contributed by atoms with E-state index in [1.165, 1.54) is 40.7 Å². The summed E-state index contributed by atoms with van der Waals surface area (Å²) in [4.78, 5) is 13.3. The first-order valence-electron chi connectivity index (χ1n) is 12.6. The van der Waals surface area contributed by atoms with Gasteiger partial charge in [-0.25, -0.2) is 8.42 Å². The number of aromatic hydroxyl groups is 1. The molecule has 5 N–H and O–H groups in total. The van der Waals surface area contributed by atoms with Crippen molar-refractivity contribution in [2.24, 2.45) is 5.92 Å². The van der Waals surface area contributed by atoms with E-state index in [9.17, 15) is 23.4 Å². The van der Waals surface area contributed by atoms with Crippen molar-refractivity contribution in [3.8, 4) is 5.75 Å². The molecule has 0 fully saturated rings. The molecule has 4 aromatic rings. The number of benzene rings is 3. The molecular formula is C29H33N3O6S. The maximum atomic E-state index is 13.5. The van der Waals surface area contributed by atoms with E-state index in [1.807, 2.05) is 44.2 Å². The minimum absolute atomic E-state index is 0.00809. The van der Waals surface area contributed by atoms with Gasteiger partial charge in [-0.2, -0.15) is 4.31 Å². The number of furan rings is 1. The normalized spacial score (nSPS) is 13.6. The second-order valence-corrected chi connectivity index (χ2v) is 11.9. The zero-order valence-electron chi connectivity index (χ0n) is 21.8. The molecule has 3 aromatic carbocycles. The Bertz CT molecular complexity index is 1520. The van der Waals surface area contributed by atoms with Gasteiger partial charge in [0.25, 0.3) is 5.91 Å². The van der Waals surface area contributed by atoms with E-state index in [0.29, 0.717) is 16.7 Å². The number of aliphatic hydroxyl groups is 1. The number of nitrogens with one attached hydrogen (secondary N) is 1. The van der Waals surface area contributed by atoms with Crippen LogP contribution < -0.4 is 11.1 Å². The zero-order valence-corrected chi connectivity index (χ0v) is 22.6. The van der Waals surface area contributed by atoms with Crippen LogP contribution in [0.5, 0.6) is 5.75 Å². The molecule has 1 heterocycles. The molecule has 9 nitrogen and oxygen atoms in total. The number of sulfonamides is 1. The number of nitrogen functional groups attached to an aromatic ring is 1. The monoisotopic (exact) mass is 551 g/mol. The number of hydrogen-bond donors (Lipinski definition) is 4. The summed E-state index contributed by atoms with van der Waals surface area (Å²) in [6, 6.07) is 20.5. The molecule has 0 aliphatic heterocycles. The summed E-state index contributed by atoms with van der Waals surface area (Å²) < 4.78 is 33.9. The van der Waals surface area contributed by atoms with Crippen molar-refractivity contribution in [2.75, 3.05) is 18.8 Å². The van der Waals surface area contributed by atoms with Gasteiger partial charge >= 0.3 is 0 Å². The van der Waals surface area contributed by atoms with E-state index in [1.54, 1.807) is 12.1 Å². The molecule has 0 saturated heterocycles. The molecule has 10 heteroatoms. The summed E-state index contributed by atoms with van der Waals surface area (Å²) in [5.41, 5.74) is 7.38. The van der Waals surface area contributed by atoms with Crippen LogP contribution in [0, 0.1) is 5.92 Å². The third kappa shape index (κ3) is 6.97. The number of hydrogen-bond acceptors (Lipinski definition) is 7. The minimum atomic E-state index is -3.95. The Hall–Kier alpha value is -3.86. The summed E-state index contributed by atoms with van der Waals surface area (Å²) in [6.07, 6.45) is -0.989. The fraction of sp³-hybridized carbons (Fsp3) is 0.276. The van der Waals surface area contributed by atoms with E-state index in [4.69, 9.17) is 10.2 Å². The van der Waals surface area contributed by atoms with E-state index < -0.39 is 28.1 Å². The van der Waals surface area contributed by atoms with Crippen LogP contribution in [0.1, 0.15) is 30.0 Å². The highest BCUT2D eigenvalue weighted by Crippen LogP contribution is 2.24. The first-order valence-corrected chi connectivity index (χ1v) is 14.1. The van der Waals surface area contributed by atoms with Crippen molar-refractivity contribution in [2.45, 2.75) is 37.3 Å². The van der Waals surface area contributed by atoms with Crippen molar-refractivity contribution in [3.63, 3.8) is 0 Å². The lowest BCUT2D eigenvalue weighted by Crippen LogP contribution is -2.51. The van der Waals surface area contributed by atoms with Crippen LogP contribution in [0.4, 0.5) is 5.69 Å². The van der Waals surface area contributed by atoms with Crippen LogP contribution in [0.2, 0.25) is 0 Å². The number of phenolic OH excluding ortho intramolecular Hbond substituents is 1. The Morgan fingerprint density at radius 3 is 2.36 bits per heavy atom. The Labute approximate surface area is 227 Å². The molecule has 0 unspecified atom stereocenters. The average Bonchev–Trinajstić information content (AvgIpc) is 3.32. The summed E-state index contributed by atoms with van der Waals surface area (Å²) >= 11 is 0. The van der Waals surface area contributed by atoms with E-state index in [2.05, 4.69) is 5.32 Å². The largest absolute Gasteiger partial charge is 0.508 e. The fourth-order valence-electron chi connectivity index (χ4n) is 4.33. The standard InChI is InChI=1S/C29H33N3O6S/c1-19(2)17-32(39(36,37)24-12-9-22(30)10-13-24)18-26(34)25(14-20-6-4-3-5-7-20)31-29(35)28-15-21-8-11-23(33)16-27(21)38-28/h3-13,15-16,19,25-26,33-34H,14,17-18,30H2,1-2H3,(H,31,35)/t25-,26+/m0/s1. The molecule has 1 amide bonds. The highest BCUT2D eigenvalue weighted by molar-refractivity contribution is 7.89. The minimum Gasteiger partial charge on any atom is -0.508 e. The van der Waals surface area contributed by atoms with Crippen molar-refractivity contribution < 1.29 is 27.8 Å². The Morgan fingerprint density at radius 1 is 1.00 bits per heavy atom. The third-order valence-electron chi connectivity index (χ3n) is 6.28. The van der Waals surface area contributed by atoms with Crippen molar-refractivity contribution in [1.29, 1.82) is 0 Å². The van der Waals surface area contributed by atoms with Crippen LogP contribution in [0.15, 0.2) is 88.2 Å². The number of carbonyl (C=O) groups excluding carboxylic acids is 1. The number of carbonyl (C=O) groups is 1. The van der Waals surface area contributed by atoms with Crippen molar-refractivity contribution >= 4 is 32.6 Å². The number of fused-ring (bicyclic) bond motifs is 1. The number of nitrogens with two attached hydrogens (primary N) is 1. The van der Waals surface area contributed by atoms with E-state index >= 15 is 0 Å². The van der Waals surface area contributed by atoms with Crippen molar-refractivity contribution in [3.05, 3.63) is 90.2 Å². The topological polar surface area (TPSA) is 146 Å². The lowest BCUT2D eigenvalue weighted by atomic mass is 10.0. The molecule has 0 aliphatic rings. The molecule has 1 aromatic heterocycles. The number of aliphatic hydroxyl groups excluding tert-OH is 1. The fourth-order valence-corrected chi connectivity index (χ4v) is 5.95. The van der Waals surface area contributed by atoms with Crippen LogP contribution in [0.25, 0.3) is 11.0 Å². The lowest BCUT2D eigenvalue weighted by Gasteiger charge is -2.30. The molecule has 4 rings (SSSR count). The quantitative estimate of drug-likeness (QED) is 0.208. The van der Waals surface area contributed by atoms with E-state index in [-0.39, 0.29) is 41.8 Å². The van der Waals surface area contributed by atoms with Gasteiger partial charge in [0.2, 0.25) is 10.0 Å². The maximum Gasteiger partial charge on any atom is 0.287 e. The van der Waals surface area contributed by atoms with Gasteiger partial charge in [0.05, 0.1) is 17.0 Å². The van der Waals surface area contributed by atoms with Gasteiger partial charge in [0.1, 0.15) is 11.3 Å². The highest BCUT2D eigenvalue weighted by Gasteiger charge is 2.32. The number of nitrogens with zero attached hydrogens (tertiary/aromatic N) is 1. The summed E-state index contributed by atoms with van der Waals surface area (Å²) in [5.74, 6) is -0.569. The SMILES string of the molecule is CC(C)CN(C[C@@H](O)[C@H](Cc1ccccc1)NC(=O)c1cc2ccc(O)cc2o1)S(=O)(=O)c1ccc(N)cc1. The predicted molar refractivity (Wildman–Crippen MR) is 150 cm³/mol. The molecule has 0 bridgehead atoms. The summed E-state index contributed by atoms with van der Waals surface area (Å²) in [7, 11) is -3.95. The second-order valence-electron chi connectivity index (χ2n) is 9.95. The van der Waals surface area contributed by atoms with Gasteiger partial charge in [0.15, 0.2) is 5.76 Å². The Morgan fingerprint density at radius 2 is 1.69 bits per heavy atom. The molecule has 0 radical (unpaired) electrons. The average molecular weight is 552 g/mol. The van der Waals surface area contributed by atoms with Gasteiger partial charge in [0, 0.05) is 30.2 Å². The molecule has 39 heavy (non-hydrogen) atoms. The lowest BCUT2D eigenvalue weighted by molar-refractivity contribution is 0.0756. The van der Waals surface area contributed by atoms with Crippen LogP contribution in [-0.4, -0.2) is 54.1 Å². The zero-order chi connectivity index (χ0) is 28.2. The number of anilines is 1.